The first-order chi connectivity index (χ1) is 11.5. The van der Waals surface area contributed by atoms with E-state index in [1.165, 1.54) is 6.07 Å². The fourth-order valence-corrected chi connectivity index (χ4v) is 3.28. The fourth-order valence-electron chi connectivity index (χ4n) is 3.28. The van der Waals surface area contributed by atoms with Gasteiger partial charge >= 0.3 is 0 Å². The molecule has 1 aliphatic carbocycles. The molecule has 0 aliphatic heterocycles. The van der Waals surface area contributed by atoms with E-state index in [1.54, 1.807) is 17.9 Å². The van der Waals surface area contributed by atoms with E-state index < -0.39 is 6.43 Å². The summed E-state index contributed by atoms with van der Waals surface area (Å²) in [5, 5.41) is 9.30. The van der Waals surface area contributed by atoms with Crippen molar-refractivity contribution in [1.29, 1.82) is 0 Å². The van der Waals surface area contributed by atoms with E-state index in [1.807, 2.05) is 18.5 Å². The Hall–Kier alpha value is -2.31. The first-order valence-corrected chi connectivity index (χ1v) is 8.19. The third kappa shape index (κ3) is 2.22. The SMILES string of the molecule is CCn1ncc(-c2cc(C(F)F)c3c(C4CC4)nn(C)c3n2)c1C. The Morgan fingerprint density at radius 3 is 2.67 bits per heavy atom. The maximum absolute atomic E-state index is 13.8. The van der Waals surface area contributed by atoms with Gasteiger partial charge in [0.25, 0.3) is 6.43 Å². The number of nitrogens with zero attached hydrogens (tertiary/aromatic N) is 5. The number of fused-ring (bicyclic) bond motifs is 1. The lowest BCUT2D eigenvalue weighted by molar-refractivity contribution is 0.153. The minimum Gasteiger partial charge on any atom is -0.269 e. The zero-order valence-corrected chi connectivity index (χ0v) is 13.9. The average molecular weight is 331 g/mol. The molecule has 0 atom stereocenters. The molecule has 0 unspecified atom stereocenters. The molecule has 5 nitrogen and oxygen atoms in total. The van der Waals surface area contributed by atoms with Gasteiger partial charge in [-0.25, -0.2) is 13.8 Å². The molecule has 24 heavy (non-hydrogen) atoms. The van der Waals surface area contributed by atoms with Crippen LogP contribution in [0.1, 0.15) is 49.1 Å². The van der Waals surface area contributed by atoms with Gasteiger partial charge in [-0.3, -0.25) is 9.36 Å². The fraction of sp³-hybridized carbons (Fsp3) is 0.471. The summed E-state index contributed by atoms with van der Waals surface area (Å²) in [6.45, 7) is 4.65. The number of pyridine rings is 1. The monoisotopic (exact) mass is 331 g/mol. The number of hydrogen-bond acceptors (Lipinski definition) is 3. The third-order valence-corrected chi connectivity index (χ3v) is 4.73. The van der Waals surface area contributed by atoms with E-state index >= 15 is 0 Å². The van der Waals surface area contributed by atoms with Crippen LogP contribution in [0.3, 0.4) is 0 Å². The molecule has 126 valence electrons. The van der Waals surface area contributed by atoms with Crippen molar-refractivity contribution in [2.45, 2.75) is 45.6 Å². The first kappa shape index (κ1) is 15.2. The minimum absolute atomic E-state index is 0.0219. The van der Waals surface area contributed by atoms with Crippen LogP contribution < -0.4 is 0 Å². The Balaban J connectivity index is 1.98. The van der Waals surface area contributed by atoms with Crippen molar-refractivity contribution < 1.29 is 8.78 Å². The van der Waals surface area contributed by atoms with Gasteiger partial charge in [0.1, 0.15) is 0 Å². The van der Waals surface area contributed by atoms with Crippen LogP contribution in [0, 0.1) is 6.92 Å². The Bertz CT molecular complexity index is 921. The van der Waals surface area contributed by atoms with Gasteiger partial charge in [-0.1, -0.05) is 0 Å². The highest BCUT2D eigenvalue weighted by atomic mass is 19.3. The van der Waals surface area contributed by atoms with E-state index in [0.717, 1.165) is 36.3 Å². The quantitative estimate of drug-likeness (QED) is 0.727. The minimum atomic E-state index is -2.56. The van der Waals surface area contributed by atoms with Crippen molar-refractivity contribution in [3.63, 3.8) is 0 Å². The maximum atomic E-state index is 13.8. The Labute approximate surface area is 138 Å². The lowest BCUT2D eigenvalue weighted by Gasteiger charge is -2.08. The summed E-state index contributed by atoms with van der Waals surface area (Å²) in [6, 6.07) is 1.50. The lowest BCUT2D eigenvalue weighted by atomic mass is 10.0. The molecule has 0 saturated heterocycles. The predicted octanol–water partition coefficient (Wildman–Crippen LogP) is 3.98. The van der Waals surface area contributed by atoms with Crippen LogP contribution >= 0.6 is 0 Å². The first-order valence-electron chi connectivity index (χ1n) is 8.19. The Morgan fingerprint density at radius 2 is 2.08 bits per heavy atom. The summed E-state index contributed by atoms with van der Waals surface area (Å²) < 4.78 is 31.0. The molecule has 0 spiro atoms. The van der Waals surface area contributed by atoms with Crippen LogP contribution in [0.15, 0.2) is 12.3 Å². The van der Waals surface area contributed by atoms with Crippen molar-refractivity contribution in [1.82, 2.24) is 24.5 Å². The van der Waals surface area contributed by atoms with Crippen LogP contribution in [0.2, 0.25) is 0 Å². The number of aryl methyl sites for hydroxylation is 2. The molecule has 0 amide bonds. The number of halogens is 2. The number of alkyl halides is 2. The van der Waals surface area contributed by atoms with E-state index in [-0.39, 0.29) is 5.56 Å². The summed E-state index contributed by atoms with van der Waals surface area (Å²) in [7, 11) is 1.77. The second-order valence-corrected chi connectivity index (χ2v) is 6.34. The molecule has 4 rings (SSSR count). The van der Waals surface area contributed by atoms with Crippen LogP contribution in [0.4, 0.5) is 8.78 Å². The molecule has 3 aromatic heterocycles. The van der Waals surface area contributed by atoms with Gasteiger partial charge in [0.2, 0.25) is 0 Å². The second kappa shape index (κ2) is 5.36. The largest absolute Gasteiger partial charge is 0.269 e. The highest BCUT2D eigenvalue weighted by molar-refractivity contribution is 5.86. The summed E-state index contributed by atoms with van der Waals surface area (Å²) in [5.74, 6) is 0.295. The highest BCUT2D eigenvalue weighted by Gasteiger charge is 2.32. The third-order valence-electron chi connectivity index (χ3n) is 4.73. The standard InChI is InChI=1S/C17H19F2N5/c1-4-24-9(2)12(8-20-24)13-7-11(16(18)19)14-15(10-5-6-10)22-23(3)17(14)21-13/h7-8,10,16H,4-6H2,1-3H3. The lowest BCUT2D eigenvalue weighted by Crippen LogP contribution is -2.00. The summed E-state index contributed by atoms with van der Waals surface area (Å²) >= 11 is 0. The highest BCUT2D eigenvalue weighted by Crippen LogP contribution is 2.44. The molecule has 0 aromatic carbocycles. The van der Waals surface area contributed by atoms with Gasteiger partial charge in [-0.2, -0.15) is 10.2 Å². The summed E-state index contributed by atoms with van der Waals surface area (Å²) in [4.78, 5) is 4.64. The van der Waals surface area contributed by atoms with Crippen molar-refractivity contribution >= 4 is 11.0 Å². The van der Waals surface area contributed by atoms with E-state index in [0.29, 0.717) is 22.6 Å². The summed E-state index contributed by atoms with van der Waals surface area (Å²) in [6.07, 6.45) is 1.16. The Kier molecular flexibility index (Phi) is 3.40. The van der Waals surface area contributed by atoms with Gasteiger partial charge in [0, 0.05) is 36.3 Å². The maximum Gasteiger partial charge on any atom is 0.264 e. The molecule has 0 N–H and O–H groups in total. The van der Waals surface area contributed by atoms with Gasteiger partial charge in [-0.15, -0.1) is 0 Å². The second-order valence-electron chi connectivity index (χ2n) is 6.34. The van der Waals surface area contributed by atoms with E-state index in [9.17, 15) is 8.78 Å². The predicted molar refractivity (Wildman–Crippen MR) is 87.1 cm³/mol. The van der Waals surface area contributed by atoms with Crippen molar-refractivity contribution in [3.05, 3.63) is 29.2 Å². The van der Waals surface area contributed by atoms with Gasteiger partial charge in [-0.05, 0) is 32.8 Å². The topological polar surface area (TPSA) is 48.5 Å². The van der Waals surface area contributed by atoms with Crippen LogP contribution in [-0.2, 0) is 13.6 Å². The normalized spacial score (nSPS) is 14.9. The summed E-state index contributed by atoms with van der Waals surface area (Å²) in [5.41, 5.74) is 3.55. The zero-order valence-electron chi connectivity index (χ0n) is 13.9. The van der Waals surface area contributed by atoms with Gasteiger partial charge < -0.3 is 0 Å². The van der Waals surface area contributed by atoms with Crippen LogP contribution in [-0.4, -0.2) is 24.5 Å². The van der Waals surface area contributed by atoms with Crippen molar-refractivity contribution in [2.75, 3.05) is 0 Å². The average Bonchev–Trinajstić information content (AvgIpc) is 3.26. The van der Waals surface area contributed by atoms with Gasteiger partial charge in [0.05, 0.1) is 23.0 Å². The van der Waals surface area contributed by atoms with Crippen LogP contribution in [0.5, 0.6) is 0 Å². The van der Waals surface area contributed by atoms with Crippen LogP contribution in [0.25, 0.3) is 22.3 Å². The van der Waals surface area contributed by atoms with Gasteiger partial charge in [0.15, 0.2) is 5.65 Å². The number of rotatable bonds is 4. The molecule has 1 saturated carbocycles. The van der Waals surface area contributed by atoms with E-state index in [2.05, 4.69) is 15.2 Å². The molecule has 0 radical (unpaired) electrons. The molecule has 1 fully saturated rings. The molecular weight excluding hydrogens is 312 g/mol. The zero-order chi connectivity index (χ0) is 17.0. The molecule has 0 bridgehead atoms. The Morgan fingerprint density at radius 1 is 1.33 bits per heavy atom. The molecule has 1 aliphatic rings. The molecule has 3 aromatic rings. The number of aromatic nitrogens is 5. The molecular formula is C17H19F2N5. The molecule has 7 heteroatoms. The number of hydrogen-bond donors (Lipinski definition) is 0. The van der Waals surface area contributed by atoms with E-state index in [4.69, 9.17) is 0 Å². The molecule has 3 heterocycles. The van der Waals surface area contributed by atoms with Crippen molar-refractivity contribution in [3.8, 4) is 11.3 Å². The van der Waals surface area contributed by atoms with Crippen molar-refractivity contribution in [2.24, 2.45) is 7.05 Å². The smallest absolute Gasteiger partial charge is 0.264 e.